The Morgan fingerprint density at radius 2 is 1.82 bits per heavy atom. The van der Waals surface area contributed by atoms with E-state index in [-0.39, 0.29) is 24.7 Å². The van der Waals surface area contributed by atoms with Gasteiger partial charge < -0.3 is 24.6 Å². The Labute approximate surface area is 223 Å². The van der Waals surface area contributed by atoms with Gasteiger partial charge in [-0.3, -0.25) is 4.79 Å². The fraction of sp³-hybridized carbons (Fsp3) is 0.344. The Morgan fingerprint density at radius 1 is 1.08 bits per heavy atom. The summed E-state index contributed by atoms with van der Waals surface area (Å²) in [5, 5.41) is 13.9. The number of carbonyl (C=O) groups is 1. The van der Waals surface area contributed by atoms with Crippen molar-refractivity contribution in [1.82, 2.24) is 5.32 Å². The number of aliphatic hydroxyl groups is 1. The van der Waals surface area contributed by atoms with Gasteiger partial charge in [0.1, 0.15) is 11.9 Å². The van der Waals surface area contributed by atoms with Crippen molar-refractivity contribution in [2.45, 2.75) is 62.8 Å². The largest absolute Gasteiger partial charge is 0.482 e. The zero-order valence-electron chi connectivity index (χ0n) is 21.7. The first-order valence-corrected chi connectivity index (χ1v) is 13.3. The van der Waals surface area contributed by atoms with E-state index in [1.54, 1.807) is 0 Å². The molecule has 6 heteroatoms. The molecule has 3 aromatic rings. The van der Waals surface area contributed by atoms with Gasteiger partial charge in [-0.15, -0.1) is 0 Å². The van der Waals surface area contributed by atoms with E-state index in [1.165, 1.54) is 0 Å². The van der Waals surface area contributed by atoms with Gasteiger partial charge in [0.15, 0.2) is 17.5 Å². The minimum atomic E-state index is -0.832. The summed E-state index contributed by atoms with van der Waals surface area (Å²) in [5.41, 5.74) is 4.16. The molecule has 196 valence electrons. The SMILES string of the molecule is CC1(C)O[C@@H]2CC=C3c4cc([C@@H](O)CNC(=O)CCc5ccccc5)ccc4[C@@H](Oc4ccccc4)[C@]32O1. The summed E-state index contributed by atoms with van der Waals surface area (Å²) >= 11 is 0. The van der Waals surface area contributed by atoms with Crippen LogP contribution in [0.3, 0.4) is 0 Å². The van der Waals surface area contributed by atoms with Crippen LogP contribution in [0.4, 0.5) is 0 Å². The highest BCUT2D eigenvalue weighted by Crippen LogP contribution is 2.62. The van der Waals surface area contributed by atoms with E-state index in [1.807, 2.05) is 92.7 Å². The van der Waals surface area contributed by atoms with Crippen LogP contribution < -0.4 is 10.1 Å². The lowest BCUT2D eigenvalue weighted by Gasteiger charge is -2.33. The normalized spacial score (nSPS) is 25.2. The van der Waals surface area contributed by atoms with Crippen molar-refractivity contribution >= 4 is 11.5 Å². The zero-order chi connectivity index (χ0) is 26.3. The molecule has 2 aliphatic carbocycles. The lowest BCUT2D eigenvalue weighted by molar-refractivity contribution is -0.166. The zero-order valence-corrected chi connectivity index (χ0v) is 21.7. The number of rotatable bonds is 8. The summed E-state index contributed by atoms with van der Waals surface area (Å²) in [7, 11) is 0. The number of carbonyl (C=O) groups excluding carboxylic acids is 1. The molecule has 3 aliphatic rings. The van der Waals surface area contributed by atoms with E-state index in [9.17, 15) is 9.90 Å². The van der Waals surface area contributed by atoms with Crippen LogP contribution in [-0.2, 0) is 20.7 Å². The molecule has 6 nitrogen and oxygen atoms in total. The fourth-order valence-corrected chi connectivity index (χ4v) is 6.03. The molecular weight excluding hydrogens is 478 g/mol. The molecular formula is C32H33NO5. The average molecular weight is 512 g/mol. The summed E-state index contributed by atoms with van der Waals surface area (Å²) in [6.07, 6.45) is 2.58. The Bertz CT molecular complexity index is 1350. The monoisotopic (exact) mass is 511 g/mol. The lowest BCUT2D eigenvalue weighted by atomic mass is 9.91. The van der Waals surface area contributed by atoms with Crippen LogP contribution >= 0.6 is 0 Å². The van der Waals surface area contributed by atoms with Gasteiger partial charge in [-0.2, -0.15) is 0 Å². The van der Waals surface area contributed by atoms with Crippen LogP contribution in [0.2, 0.25) is 0 Å². The first-order valence-electron chi connectivity index (χ1n) is 13.3. The number of aryl methyl sites for hydroxylation is 1. The number of fused-ring (bicyclic) bond motifs is 2. The number of para-hydroxylation sites is 1. The van der Waals surface area contributed by atoms with Crippen molar-refractivity contribution in [3.8, 4) is 5.75 Å². The third-order valence-corrected chi connectivity index (χ3v) is 7.67. The predicted molar refractivity (Wildman–Crippen MR) is 144 cm³/mol. The molecule has 2 N–H and O–H groups in total. The number of benzene rings is 3. The van der Waals surface area contributed by atoms with Crippen molar-refractivity contribution < 1.29 is 24.1 Å². The van der Waals surface area contributed by atoms with Gasteiger partial charge in [-0.05, 0) is 67.2 Å². The van der Waals surface area contributed by atoms with E-state index in [2.05, 4.69) is 11.4 Å². The second-order valence-electron chi connectivity index (χ2n) is 10.7. The Balaban J connectivity index is 1.22. The molecule has 0 bridgehead atoms. The van der Waals surface area contributed by atoms with Crippen molar-refractivity contribution in [2.24, 2.45) is 0 Å². The van der Waals surface area contributed by atoms with E-state index < -0.39 is 17.5 Å². The van der Waals surface area contributed by atoms with Crippen LogP contribution in [0.15, 0.2) is 84.9 Å². The van der Waals surface area contributed by atoms with Gasteiger partial charge in [0, 0.05) is 18.5 Å². The lowest BCUT2D eigenvalue weighted by Crippen LogP contribution is -2.43. The van der Waals surface area contributed by atoms with Crippen LogP contribution in [0.25, 0.3) is 5.57 Å². The van der Waals surface area contributed by atoms with E-state index in [0.29, 0.717) is 12.8 Å². The van der Waals surface area contributed by atoms with Crippen molar-refractivity contribution in [3.05, 3.63) is 107 Å². The van der Waals surface area contributed by atoms with Crippen LogP contribution in [-0.4, -0.2) is 35.1 Å². The van der Waals surface area contributed by atoms with Gasteiger partial charge in [-0.1, -0.05) is 66.7 Å². The van der Waals surface area contributed by atoms with Crippen molar-refractivity contribution in [3.63, 3.8) is 0 Å². The van der Waals surface area contributed by atoms with E-state index in [4.69, 9.17) is 14.2 Å². The van der Waals surface area contributed by atoms with Gasteiger partial charge >= 0.3 is 0 Å². The molecule has 6 rings (SSSR count). The highest BCUT2D eigenvalue weighted by molar-refractivity contribution is 5.84. The molecule has 0 saturated carbocycles. The van der Waals surface area contributed by atoms with E-state index in [0.717, 1.165) is 40.0 Å². The second-order valence-corrected chi connectivity index (χ2v) is 10.7. The van der Waals surface area contributed by atoms with Crippen molar-refractivity contribution in [2.75, 3.05) is 6.54 Å². The minimum Gasteiger partial charge on any atom is -0.482 e. The second kappa shape index (κ2) is 9.70. The number of nitrogens with one attached hydrogen (secondary N) is 1. The summed E-state index contributed by atoms with van der Waals surface area (Å²) in [6, 6.07) is 25.6. The van der Waals surface area contributed by atoms with Gasteiger partial charge in [0.05, 0.1) is 6.10 Å². The first-order chi connectivity index (χ1) is 18.4. The molecule has 1 amide bonds. The molecule has 3 aromatic carbocycles. The van der Waals surface area contributed by atoms with Gasteiger partial charge in [0.2, 0.25) is 5.91 Å². The average Bonchev–Trinajstić information content (AvgIpc) is 3.48. The molecule has 0 radical (unpaired) electrons. The highest BCUT2D eigenvalue weighted by Gasteiger charge is 2.67. The quantitative estimate of drug-likeness (QED) is 0.430. The maximum Gasteiger partial charge on any atom is 0.220 e. The summed E-state index contributed by atoms with van der Waals surface area (Å²) < 4.78 is 19.6. The minimum absolute atomic E-state index is 0.0792. The Hall–Kier alpha value is -3.45. The standard InChI is InChI=1S/C32H33NO5/c1-31(2)37-28-17-16-26-25-19-22(27(34)20-33-29(35)18-13-21-9-5-3-6-10-21)14-15-24(25)30(32(26,28)38-31)36-23-11-7-4-8-12-23/h3-12,14-16,19,27-28,30,34H,13,17-18,20H2,1-2H3,(H,33,35)/t27-,28+,30+,32-/m0/s1. The Kier molecular flexibility index (Phi) is 6.34. The number of amides is 1. The molecule has 4 atom stereocenters. The number of ether oxygens (including phenoxy) is 3. The molecule has 1 heterocycles. The molecule has 1 aliphatic heterocycles. The topological polar surface area (TPSA) is 77.0 Å². The van der Waals surface area contributed by atoms with Gasteiger partial charge in [0.25, 0.3) is 0 Å². The number of hydrogen-bond donors (Lipinski definition) is 2. The summed E-state index contributed by atoms with van der Waals surface area (Å²) in [5.74, 6) is -0.0542. The van der Waals surface area contributed by atoms with Crippen LogP contribution in [0.1, 0.15) is 61.2 Å². The summed E-state index contributed by atoms with van der Waals surface area (Å²) in [4.78, 5) is 12.4. The van der Waals surface area contributed by atoms with Gasteiger partial charge in [-0.25, -0.2) is 0 Å². The van der Waals surface area contributed by atoms with E-state index >= 15 is 0 Å². The smallest absolute Gasteiger partial charge is 0.220 e. The first kappa shape index (κ1) is 24.9. The van der Waals surface area contributed by atoms with Crippen LogP contribution in [0, 0.1) is 0 Å². The Morgan fingerprint density at radius 3 is 2.58 bits per heavy atom. The highest BCUT2D eigenvalue weighted by atomic mass is 16.8. The third-order valence-electron chi connectivity index (χ3n) is 7.67. The molecule has 38 heavy (non-hydrogen) atoms. The van der Waals surface area contributed by atoms with Crippen molar-refractivity contribution in [1.29, 1.82) is 0 Å². The van der Waals surface area contributed by atoms with Crippen LogP contribution in [0.5, 0.6) is 5.75 Å². The molecule has 1 fully saturated rings. The molecule has 0 unspecified atom stereocenters. The fourth-order valence-electron chi connectivity index (χ4n) is 6.03. The predicted octanol–water partition coefficient (Wildman–Crippen LogP) is 5.28. The summed E-state index contributed by atoms with van der Waals surface area (Å²) in [6.45, 7) is 4.03. The maximum atomic E-state index is 12.4. The molecule has 1 spiro atoms. The molecule has 0 aromatic heterocycles. The maximum absolute atomic E-state index is 12.4. The number of aliphatic hydroxyl groups excluding tert-OH is 1. The third kappa shape index (κ3) is 4.43. The molecule has 1 saturated heterocycles. The number of hydrogen-bond acceptors (Lipinski definition) is 5.